The molecule has 0 aromatic carbocycles. The first kappa shape index (κ1) is 19.3. The van der Waals surface area contributed by atoms with Gasteiger partial charge in [-0.2, -0.15) is 0 Å². The summed E-state index contributed by atoms with van der Waals surface area (Å²) in [5, 5.41) is 0. The first-order valence-electron chi connectivity index (χ1n) is 7.47. The fourth-order valence-electron chi connectivity index (χ4n) is 4.04. The first-order chi connectivity index (χ1) is 8.93. The van der Waals surface area contributed by atoms with Crippen LogP contribution in [-0.2, 0) is 19.2 Å². The van der Waals surface area contributed by atoms with Crippen LogP contribution in [0.3, 0.4) is 0 Å². The van der Waals surface area contributed by atoms with Gasteiger partial charge in [0.15, 0.2) is 0 Å². The predicted molar refractivity (Wildman–Crippen MR) is 78.4 cm³/mol. The number of allylic oxidation sites excluding steroid dienone is 8. The molecule has 0 aromatic rings. The Morgan fingerprint density at radius 1 is 0.619 bits per heavy atom. The van der Waals surface area contributed by atoms with Crippen molar-refractivity contribution < 1.29 is 44.0 Å². The summed E-state index contributed by atoms with van der Waals surface area (Å²) in [7, 11) is 0. The summed E-state index contributed by atoms with van der Waals surface area (Å²) in [4.78, 5) is 0. The van der Waals surface area contributed by atoms with Crippen molar-refractivity contribution in [2.24, 2.45) is 11.8 Å². The summed E-state index contributed by atoms with van der Waals surface area (Å²) >= 11 is -0.0697. The van der Waals surface area contributed by atoms with Crippen LogP contribution in [0.5, 0.6) is 0 Å². The Morgan fingerprint density at radius 2 is 0.952 bits per heavy atom. The Balaban J connectivity index is 0.00000110. The van der Waals surface area contributed by atoms with Crippen LogP contribution in [0.2, 0.25) is 0 Å². The smallest absolute Gasteiger partial charge is 1.00 e. The molecule has 21 heavy (non-hydrogen) atoms. The van der Waals surface area contributed by atoms with E-state index in [9.17, 15) is 0 Å². The zero-order valence-electron chi connectivity index (χ0n) is 13.8. The zero-order valence-corrected chi connectivity index (χ0v) is 16.9. The second kappa shape index (κ2) is 6.79. The maximum Gasteiger partial charge on any atom is -1.00 e. The molecule has 2 unspecified atom stereocenters. The number of rotatable bonds is 0. The molecular weight excluding hydrogens is 335 g/mol. The number of hydrogen-bond donors (Lipinski definition) is 0. The molecule has 0 saturated carbocycles. The van der Waals surface area contributed by atoms with Crippen LogP contribution in [0.15, 0.2) is 41.2 Å². The molecule has 0 nitrogen and oxygen atoms in total. The van der Waals surface area contributed by atoms with Gasteiger partial charge >= 0.3 is 127 Å². The van der Waals surface area contributed by atoms with E-state index in [4.69, 9.17) is 0 Å². The molecule has 3 heteroatoms. The number of hydrogen-bond acceptors (Lipinski definition) is 0. The summed E-state index contributed by atoms with van der Waals surface area (Å²) in [6.07, 6.45) is 2.76. The van der Waals surface area contributed by atoms with E-state index in [-0.39, 0.29) is 44.0 Å². The van der Waals surface area contributed by atoms with Crippen LogP contribution in [0.25, 0.3) is 0 Å². The van der Waals surface area contributed by atoms with Crippen molar-refractivity contribution >= 4 is 0 Å². The Hall–Kier alpha value is 0.254. The van der Waals surface area contributed by atoms with Crippen LogP contribution >= 0.6 is 0 Å². The molecule has 1 fully saturated rings. The Morgan fingerprint density at radius 3 is 1.29 bits per heavy atom. The van der Waals surface area contributed by atoms with Gasteiger partial charge in [0.1, 0.15) is 0 Å². The minimum atomic E-state index is -0.0697. The second-order valence-electron chi connectivity index (χ2n) is 6.50. The molecule has 114 valence electrons. The molecule has 2 aliphatic carbocycles. The molecule has 3 aliphatic rings. The van der Waals surface area contributed by atoms with Gasteiger partial charge in [-0.3, -0.25) is 0 Å². The van der Waals surface area contributed by atoms with Crippen molar-refractivity contribution in [2.45, 2.75) is 54.4 Å². The van der Waals surface area contributed by atoms with Gasteiger partial charge in [0.2, 0.25) is 0 Å². The third-order valence-corrected chi connectivity index (χ3v) is 8.97. The van der Waals surface area contributed by atoms with E-state index < -0.39 is 0 Å². The molecule has 1 saturated heterocycles. The van der Waals surface area contributed by atoms with E-state index in [0.29, 0.717) is 0 Å². The van der Waals surface area contributed by atoms with Crippen LogP contribution < -0.4 is 24.8 Å². The van der Waals surface area contributed by atoms with Crippen molar-refractivity contribution in [1.29, 1.82) is 0 Å². The maximum absolute atomic E-state index is 2.37. The van der Waals surface area contributed by atoms with E-state index in [1.807, 2.05) is 7.76 Å². The van der Waals surface area contributed by atoms with Crippen molar-refractivity contribution in [3.05, 3.63) is 41.2 Å². The monoisotopic (exact) mass is 358 g/mol. The molecule has 1 aliphatic heterocycles. The van der Waals surface area contributed by atoms with Gasteiger partial charge in [-0.25, -0.2) is 0 Å². The molecule has 0 aromatic heterocycles. The van der Waals surface area contributed by atoms with Gasteiger partial charge in [-0.05, 0) is 0 Å². The molecule has 0 bridgehead atoms. The summed E-state index contributed by atoms with van der Waals surface area (Å²) in [6, 6.07) is 0. The number of fused-ring (bicyclic) bond motifs is 2. The van der Waals surface area contributed by atoms with Crippen molar-refractivity contribution in [1.82, 2.24) is 0 Å². The summed E-state index contributed by atoms with van der Waals surface area (Å²) in [6.45, 7) is 14.2. The predicted octanol–water partition coefficient (Wildman–Crippen LogP) is -0.649. The molecule has 1 heterocycles. The van der Waals surface area contributed by atoms with Crippen molar-refractivity contribution in [3.63, 3.8) is 0 Å². The molecule has 3 rings (SSSR count). The molecule has 0 amide bonds. The number of halogens is 2. The molecular formula is C18H24Cl2Ti. The third kappa shape index (κ3) is 2.78. The van der Waals surface area contributed by atoms with Gasteiger partial charge in [-0.1, -0.05) is 0 Å². The fourth-order valence-corrected chi connectivity index (χ4v) is 7.33. The summed E-state index contributed by atoms with van der Waals surface area (Å²) < 4.78 is 3.71. The maximum atomic E-state index is 2.37. The van der Waals surface area contributed by atoms with Crippen LogP contribution in [0.1, 0.15) is 54.4 Å². The Bertz CT molecular complexity index is 538. The van der Waals surface area contributed by atoms with Crippen LogP contribution in [-0.4, -0.2) is 0 Å². The van der Waals surface area contributed by atoms with Gasteiger partial charge in [0.25, 0.3) is 0 Å². The zero-order chi connectivity index (χ0) is 13.9. The molecule has 0 spiro atoms. The average Bonchev–Trinajstić information content (AvgIpc) is 2.66. The summed E-state index contributed by atoms with van der Waals surface area (Å²) in [5.74, 6) is 1.61. The van der Waals surface area contributed by atoms with E-state index in [1.54, 1.807) is 33.4 Å². The van der Waals surface area contributed by atoms with E-state index in [2.05, 4.69) is 41.5 Å². The Kier molecular flexibility index (Phi) is 6.24. The van der Waals surface area contributed by atoms with Gasteiger partial charge in [0, 0.05) is 0 Å². The van der Waals surface area contributed by atoms with Crippen molar-refractivity contribution in [3.8, 4) is 0 Å². The summed E-state index contributed by atoms with van der Waals surface area (Å²) in [5.41, 5.74) is 9.83. The average molecular weight is 359 g/mol. The molecule has 0 N–H and O–H groups in total. The quantitative estimate of drug-likeness (QED) is 0.505. The molecule has 2 atom stereocenters. The van der Waals surface area contributed by atoms with E-state index in [1.165, 1.54) is 12.8 Å². The SMILES string of the molecule is CC1=C(C)C2CCC3C(C)=C(C)C(C)=[C]3[Ti+2][C]2=C1C.[Cl-].[Cl-]. The molecule has 0 radical (unpaired) electrons. The minimum Gasteiger partial charge on any atom is -1.00 e. The topological polar surface area (TPSA) is 0 Å². The van der Waals surface area contributed by atoms with Gasteiger partial charge < -0.3 is 24.8 Å². The third-order valence-electron chi connectivity index (χ3n) is 5.87. The van der Waals surface area contributed by atoms with Crippen LogP contribution in [0.4, 0.5) is 0 Å². The van der Waals surface area contributed by atoms with Gasteiger partial charge in [-0.15, -0.1) is 0 Å². The van der Waals surface area contributed by atoms with E-state index >= 15 is 0 Å². The largest absolute Gasteiger partial charge is 1.00 e. The van der Waals surface area contributed by atoms with Gasteiger partial charge in [0.05, 0.1) is 0 Å². The minimum absolute atomic E-state index is 0. The van der Waals surface area contributed by atoms with E-state index in [0.717, 1.165) is 11.8 Å². The van der Waals surface area contributed by atoms with Crippen LogP contribution in [0, 0.1) is 11.8 Å². The Labute approximate surface area is 151 Å². The first-order valence-corrected chi connectivity index (χ1v) is 9.03. The fraction of sp³-hybridized carbons (Fsp3) is 0.556. The second-order valence-corrected chi connectivity index (χ2v) is 8.57. The normalized spacial score (nSPS) is 27.5. The standard InChI is InChI=1S/C18H24.2ClH.Ti/c1-11-9-17(15(5)13(11)3)7-8-18-10-12(2)14(4)16(18)6;;;/h17-18H,7-8H2,1-6H3;2*1H;/q;;;+2/p-2. The van der Waals surface area contributed by atoms with Crippen molar-refractivity contribution in [2.75, 3.05) is 0 Å².